The Balaban J connectivity index is 1.61. The van der Waals surface area contributed by atoms with Gasteiger partial charge in [-0.2, -0.15) is 0 Å². The SMILES string of the molecule is O=C(Cc1ccc(Br)cc1)NCCC(=O)NC1CCCCC1. The molecule has 1 fully saturated rings. The molecule has 1 aromatic carbocycles. The average molecular weight is 367 g/mol. The quantitative estimate of drug-likeness (QED) is 0.812. The van der Waals surface area contributed by atoms with Gasteiger partial charge in [0.25, 0.3) is 0 Å². The molecule has 22 heavy (non-hydrogen) atoms. The van der Waals surface area contributed by atoms with Gasteiger partial charge in [-0.25, -0.2) is 0 Å². The van der Waals surface area contributed by atoms with E-state index in [2.05, 4.69) is 26.6 Å². The van der Waals surface area contributed by atoms with Crippen LogP contribution < -0.4 is 10.6 Å². The van der Waals surface area contributed by atoms with E-state index in [1.165, 1.54) is 19.3 Å². The molecule has 2 rings (SSSR count). The highest BCUT2D eigenvalue weighted by atomic mass is 79.9. The van der Waals surface area contributed by atoms with Gasteiger partial charge in [0, 0.05) is 23.5 Å². The monoisotopic (exact) mass is 366 g/mol. The van der Waals surface area contributed by atoms with Crippen molar-refractivity contribution in [1.82, 2.24) is 10.6 Å². The topological polar surface area (TPSA) is 58.2 Å². The van der Waals surface area contributed by atoms with Crippen molar-refractivity contribution < 1.29 is 9.59 Å². The molecule has 1 aliphatic rings. The summed E-state index contributed by atoms with van der Waals surface area (Å²) in [4.78, 5) is 23.6. The van der Waals surface area contributed by atoms with Crippen LogP contribution in [0, 0.1) is 0 Å². The summed E-state index contributed by atoms with van der Waals surface area (Å²) in [6, 6.07) is 8.00. The van der Waals surface area contributed by atoms with Crippen LogP contribution in [-0.4, -0.2) is 24.4 Å². The van der Waals surface area contributed by atoms with Crippen molar-refractivity contribution >= 4 is 27.7 Å². The zero-order valence-corrected chi connectivity index (χ0v) is 14.3. The van der Waals surface area contributed by atoms with Gasteiger partial charge in [-0.3, -0.25) is 9.59 Å². The zero-order chi connectivity index (χ0) is 15.8. The number of hydrogen-bond donors (Lipinski definition) is 2. The van der Waals surface area contributed by atoms with Crippen molar-refractivity contribution in [1.29, 1.82) is 0 Å². The third kappa shape index (κ3) is 6.18. The van der Waals surface area contributed by atoms with Gasteiger partial charge in [0.2, 0.25) is 11.8 Å². The Morgan fingerprint density at radius 2 is 1.73 bits per heavy atom. The highest BCUT2D eigenvalue weighted by Crippen LogP contribution is 2.17. The van der Waals surface area contributed by atoms with E-state index in [1.807, 2.05) is 24.3 Å². The second-order valence-electron chi connectivity index (χ2n) is 5.81. The van der Waals surface area contributed by atoms with Gasteiger partial charge >= 0.3 is 0 Å². The van der Waals surface area contributed by atoms with Gasteiger partial charge in [0.15, 0.2) is 0 Å². The summed E-state index contributed by atoms with van der Waals surface area (Å²) in [5.41, 5.74) is 0.965. The fraction of sp³-hybridized carbons (Fsp3) is 0.529. The van der Waals surface area contributed by atoms with Gasteiger partial charge in [0.05, 0.1) is 6.42 Å². The molecular formula is C17H23BrN2O2. The van der Waals surface area contributed by atoms with E-state index < -0.39 is 0 Å². The maximum atomic E-state index is 11.8. The Labute approximate surface area is 140 Å². The van der Waals surface area contributed by atoms with Crippen LogP contribution in [0.15, 0.2) is 28.7 Å². The molecule has 0 heterocycles. The molecule has 0 bridgehead atoms. The smallest absolute Gasteiger partial charge is 0.224 e. The van der Waals surface area contributed by atoms with E-state index in [4.69, 9.17) is 0 Å². The molecule has 0 aromatic heterocycles. The Bertz CT molecular complexity index is 496. The molecule has 120 valence electrons. The van der Waals surface area contributed by atoms with Crippen LogP contribution in [-0.2, 0) is 16.0 Å². The number of hydrogen-bond acceptors (Lipinski definition) is 2. The lowest BCUT2D eigenvalue weighted by atomic mass is 9.95. The van der Waals surface area contributed by atoms with Crippen molar-refractivity contribution in [2.24, 2.45) is 0 Å². The number of halogens is 1. The molecule has 4 nitrogen and oxygen atoms in total. The predicted molar refractivity (Wildman–Crippen MR) is 90.5 cm³/mol. The lowest BCUT2D eigenvalue weighted by Crippen LogP contribution is -2.38. The molecular weight excluding hydrogens is 344 g/mol. The van der Waals surface area contributed by atoms with Crippen molar-refractivity contribution in [3.05, 3.63) is 34.3 Å². The van der Waals surface area contributed by atoms with Crippen LogP contribution in [0.3, 0.4) is 0 Å². The highest BCUT2D eigenvalue weighted by molar-refractivity contribution is 9.10. The zero-order valence-electron chi connectivity index (χ0n) is 12.7. The Morgan fingerprint density at radius 1 is 1.05 bits per heavy atom. The second kappa shape index (κ2) is 8.93. The first-order valence-corrected chi connectivity index (χ1v) is 8.73. The lowest BCUT2D eigenvalue weighted by Gasteiger charge is -2.22. The fourth-order valence-electron chi connectivity index (χ4n) is 2.71. The number of carbonyl (C=O) groups excluding carboxylic acids is 2. The maximum absolute atomic E-state index is 11.8. The minimum atomic E-state index is -0.0483. The van der Waals surface area contributed by atoms with Gasteiger partial charge in [-0.05, 0) is 30.5 Å². The molecule has 5 heteroatoms. The summed E-state index contributed by atoms with van der Waals surface area (Å²) < 4.78 is 0.996. The van der Waals surface area contributed by atoms with Gasteiger partial charge < -0.3 is 10.6 Å². The fourth-order valence-corrected chi connectivity index (χ4v) is 2.98. The lowest BCUT2D eigenvalue weighted by molar-refractivity contribution is -0.122. The van der Waals surface area contributed by atoms with Crippen LogP contribution in [0.1, 0.15) is 44.1 Å². The Hall–Kier alpha value is -1.36. The van der Waals surface area contributed by atoms with Crippen molar-refractivity contribution in [2.45, 2.75) is 51.0 Å². The molecule has 1 aromatic rings. The third-order valence-electron chi connectivity index (χ3n) is 3.92. The second-order valence-corrected chi connectivity index (χ2v) is 6.72. The molecule has 0 saturated heterocycles. The third-order valence-corrected chi connectivity index (χ3v) is 4.45. The van der Waals surface area contributed by atoms with E-state index in [9.17, 15) is 9.59 Å². The number of nitrogens with one attached hydrogen (secondary N) is 2. The van der Waals surface area contributed by atoms with Crippen molar-refractivity contribution in [3.63, 3.8) is 0 Å². The van der Waals surface area contributed by atoms with Crippen LogP contribution in [0.2, 0.25) is 0 Å². The predicted octanol–water partition coefficient (Wildman–Crippen LogP) is 2.95. The van der Waals surface area contributed by atoms with Crippen LogP contribution in [0.25, 0.3) is 0 Å². The van der Waals surface area contributed by atoms with E-state index in [1.54, 1.807) is 0 Å². The summed E-state index contributed by atoms with van der Waals surface area (Å²) in [5.74, 6) is -0.0105. The molecule has 1 saturated carbocycles. The van der Waals surface area contributed by atoms with Crippen LogP contribution in [0.5, 0.6) is 0 Å². The number of benzene rings is 1. The first kappa shape index (κ1) is 17.0. The summed E-state index contributed by atoms with van der Waals surface area (Å²) in [5, 5.41) is 5.86. The van der Waals surface area contributed by atoms with E-state index >= 15 is 0 Å². The summed E-state index contributed by atoms with van der Waals surface area (Å²) >= 11 is 3.37. The Morgan fingerprint density at radius 3 is 2.41 bits per heavy atom. The van der Waals surface area contributed by atoms with Crippen LogP contribution >= 0.6 is 15.9 Å². The highest BCUT2D eigenvalue weighted by Gasteiger charge is 2.15. The minimum Gasteiger partial charge on any atom is -0.355 e. The van der Waals surface area contributed by atoms with Crippen LogP contribution in [0.4, 0.5) is 0 Å². The Kier molecular flexibility index (Phi) is 6.90. The molecule has 0 radical (unpaired) electrons. The molecule has 2 N–H and O–H groups in total. The summed E-state index contributed by atoms with van der Waals surface area (Å²) in [6.45, 7) is 0.397. The molecule has 0 unspecified atom stereocenters. The van der Waals surface area contributed by atoms with E-state index in [-0.39, 0.29) is 11.8 Å². The number of rotatable bonds is 6. The largest absolute Gasteiger partial charge is 0.355 e. The molecule has 0 aliphatic heterocycles. The summed E-state index contributed by atoms with van der Waals surface area (Å²) in [7, 11) is 0. The van der Waals surface area contributed by atoms with Crippen molar-refractivity contribution in [2.75, 3.05) is 6.54 Å². The van der Waals surface area contributed by atoms with E-state index in [0.717, 1.165) is 22.9 Å². The number of carbonyl (C=O) groups is 2. The summed E-state index contributed by atoms with van der Waals surface area (Å²) in [6.07, 6.45) is 6.55. The van der Waals surface area contributed by atoms with Crippen molar-refractivity contribution in [3.8, 4) is 0 Å². The normalized spacial score (nSPS) is 15.3. The van der Waals surface area contributed by atoms with E-state index in [0.29, 0.717) is 25.4 Å². The molecule has 0 atom stereocenters. The average Bonchev–Trinajstić information content (AvgIpc) is 2.50. The van der Waals surface area contributed by atoms with Gasteiger partial charge in [-0.15, -0.1) is 0 Å². The number of amides is 2. The molecule has 1 aliphatic carbocycles. The first-order valence-electron chi connectivity index (χ1n) is 7.94. The minimum absolute atomic E-state index is 0.0378. The molecule has 2 amide bonds. The van der Waals surface area contributed by atoms with Gasteiger partial charge in [-0.1, -0.05) is 47.3 Å². The maximum Gasteiger partial charge on any atom is 0.224 e. The first-order chi connectivity index (χ1) is 10.6. The molecule has 0 spiro atoms. The standard InChI is InChI=1S/C17H23BrN2O2/c18-14-8-6-13(7-9-14)12-17(22)19-11-10-16(21)20-15-4-2-1-3-5-15/h6-9,15H,1-5,10-12H2,(H,19,22)(H,20,21). The van der Waals surface area contributed by atoms with Gasteiger partial charge in [0.1, 0.15) is 0 Å².